The summed E-state index contributed by atoms with van der Waals surface area (Å²) in [6, 6.07) is 1.93. The first-order valence-corrected chi connectivity index (χ1v) is 5.31. The van der Waals surface area contributed by atoms with E-state index >= 15 is 0 Å². The second-order valence-corrected chi connectivity index (χ2v) is 5.02. The van der Waals surface area contributed by atoms with Gasteiger partial charge in [-0.3, -0.25) is 0 Å². The summed E-state index contributed by atoms with van der Waals surface area (Å²) < 4.78 is 4.70. The summed E-state index contributed by atoms with van der Waals surface area (Å²) in [5, 5.41) is 0. The lowest BCUT2D eigenvalue weighted by molar-refractivity contribution is 0.0594. The number of H-pyrrole nitrogens is 1. The number of fused-ring (bicyclic) bond motifs is 1. The summed E-state index contributed by atoms with van der Waals surface area (Å²) in [6.07, 6.45) is 3.23. The normalized spacial score (nSPS) is 18.3. The number of hydrogen-bond donors (Lipinski definition) is 1. The van der Waals surface area contributed by atoms with Gasteiger partial charge in [-0.1, -0.05) is 13.8 Å². The van der Waals surface area contributed by atoms with Crippen molar-refractivity contribution in [3.8, 4) is 0 Å². The van der Waals surface area contributed by atoms with Crippen LogP contribution in [0.2, 0.25) is 0 Å². The maximum Gasteiger partial charge on any atom is 0.354 e. The zero-order valence-electron chi connectivity index (χ0n) is 9.52. The highest BCUT2D eigenvalue weighted by Gasteiger charge is 2.27. The molecule has 0 radical (unpaired) electrons. The van der Waals surface area contributed by atoms with E-state index in [-0.39, 0.29) is 5.97 Å². The first-order valence-electron chi connectivity index (χ1n) is 5.31. The predicted octanol–water partition coefficient (Wildman–Crippen LogP) is 2.32. The predicted molar refractivity (Wildman–Crippen MR) is 57.9 cm³/mol. The highest BCUT2D eigenvalue weighted by Crippen LogP contribution is 2.34. The topological polar surface area (TPSA) is 42.1 Å². The van der Waals surface area contributed by atoms with E-state index in [9.17, 15) is 4.79 Å². The molecule has 15 heavy (non-hydrogen) atoms. The van der Waals surface area contributed by atoms with Crippen molar-refractivity contribution >= 4 is 5.97 Å². The summed E-state index contributed by atoms with van der Waals surface area (Å²) >= 11 is 0. The van der Waals surface area contributed by atoms with E-state index in [0.717, 1.165) is 12.8 Å². The molecule has 1 aliphatic carbocycles. The molecule has 0 unspecified atom stereocenters. The van der Waals surface area contributed by atoms with Gasteiger partial charge in [-0.25, -0.2) is 4.79 Å². The minimum atomic E-state index is -0.276. The van der Waals surface area contributed by atoms with Crippen LogP contribution in [0.4, 0.5) is 0 Å². The molecule has 2 rings (SSSR count). The van der Waals surface area contributed by atoms with Crippen molar-refractivity contribution in [1.29, 1.82) is 0 Å². The number of hydrogen-bond acceptors (Lipinski definition) is 2. The molecule has 1 N–H and O–H groups in total. The van der Waals surface area contributed by atoms with E-state index in [0.29, 0.717) is 11.1 Å². The minimum Gasteiger partial charge on any atom is -0.464 e. The summed E-state index contributed by atoms with van der Waals surface area (Å²) in [7, 11) is 1.41. The van der Waals surface area contributed by atoms with Gasteiger partial charge >= 0.3 is 5.97 Å². The molecule has 0 saturated heterocycles. The molecular formula is C12H17NO2. The number of aryl methyl sites for hydroxylation is 1. The summed E-state index contributed by atoms with van der Waals surface area (Å²) in [6.45, 7) is 4.53. The highest BCUT2D eigenvalue weighted by atomic mass is 16.5. The third-order valence-electron chi connectivity index (χ3n) is 3.12. The van der Waals surface area contributed by atoms with Crippen molar-refractivity contribution in [2.75, 3.05) is 7.11 Å². The largest absolute Gasteiger partial charge is 0.464 e. The van der Waals surface area contributed by atoms with Crippen molar-refractivity contribution in [2.24, 2.45) is 5.41 Å². The molecule has 0 bridgehead atoms. The third-order valence-corrected chi connectivity index (χ3v) is 3.12. The number of aromatic amines is 1. The maximum absolute atomic E-state index is 11.3. The highest BCUT2D eigenvalue weighted by molar-refractivity contribution is 5.87. The van der Waals surface area contributed by atoms with Crippen LogP contribution in [0.1, 0.15) is 42.0 Å². The summed E-state index contributed by atoms with van der Waals surface area (Å²) in [5.41, 5.74) is 3.41. The Morgan fingerprint density at radius 3 is 2.93 bits per heavy atom. The number of carbonyl (C=O) groups is 1. The van der Waals surface area contributed by atoms with E-state index in [2.05, 4.69) is 18.8 Å². The lowest BCUT2D eigenvalue weighted by Crippen LogP contribution is -2.21. The zero-order chi connectivity index (χ0) is 11.1. The van der Waals surface area contributed by atoms with Crippen LogP contribution in [-0.4, -0.2) is 18.1 Å². The van der Waals surface area contributed by atoms with Crippen LogP contribution in [-0.2, 0) is 17.6 Å². The molecule has 1 heterocycles. The molecule has 0 aromatic carbocycles. The first-order chi connectivity index (χ1) is 7.02. The summed E-state index contributed by atoms with van der Waals surface area (Å²) in [5.74, 6) is -0.276. The SMILES string of the molecule is COC(=O)c1cc2c([nH]1)CCC(C)(C)C2. The van der Waals surface area contributed by atoms with Crippen LogP contribution >= 0.6 is 0 Å². The average Bonchev–Trinajstić information content (AvgIpc) is 2.57. The second-order valence-electron chi connectivity index (χ2n) is 5.02. The number of aromatic nitrogens is 1. The van der Waals surface area contributed by atoms with Crippen molar-refractivity contribution in [1.82, 2.24) is 4.98 Å². The monoisotopic (exact) mass is 207 g/mol. The van der Waals surface area contributed by atoms with E-state index in [1.807, 2.05) is 6.07 Å². The number of rotatable bonds is 1. The van der Waals surface area contributed by atoms with Crippen molar-refractivity contribution in [3.05, 3.63) is 23.0 Å². The molecule has 1 aromatic heterocycles. The lowest BCUT2D eigenvalue weighted by Gasteiger charge is -2.29. The second kappa shape index (κ2) is 3.40. The Bertz CT molecular complexity index is 390. The van der Waals surface area contributed by atoms with Gasteiger partial charge in [0, 0.05) is 5.69 Å². The Hall–Kier alpha value is -1.25. The molecule has 1 aromatic rings. The van der Waals surface area contributed by atoms with Gasteiger partial charge in [0.1, 0.15) is 5.69 Å². The molecule has 0 atom stereocenters. The van der Waals surface area contributed by atoms with Crippen LogP contribution < -0.4 is 0 Å². The molecule has 0 amide bonds. The Labute approximate surface area is 89.8 Å². The van der Waals surface area contributed by atoms with Gasteiger partial charge in [-0.2, -0.15) is 0 Å². The number of nitrogens with one attached hydrogen (secondary N) is 1. The van der Waals surface area contributed by atoms with Crippen molar-refractivity contribution in [2.45, 2.75) is 33.1 Å². The molecule has 0 saturated carbocycles. The lowest BCUT2D eigenvalue weighted by atomic mass is 9.77. The first kappa shape index (κ1) is 10.3. The van der Waals surface area contributed by atoms with Crippen molar-refractivity contribution in [3.63, 3.8) is 0 Å². The smallest absolute Gasteiger partial charge is 0.354 e. The van der Waals surface area contributed by atoms with E-state index in [4.69, 9.17) is 4.74 Å². The minimum absolute atomic E-state index is 0.276. The zero-order valence-corrected chi connectivity index (χ0v) is 9.52. The molecule has 3 heteroatoms. The van der Waals surface area contributed by atoms with E-state index in [1.54, 1.807) is 0 Å². The number of methoxy groups -OCH3 is 1. The van der Waals surface area contributed by atoms with Gasteiger partial charge in [-0.15, -0.1) is 0 Å². The molecule has 0 aliphatic heterocycles. The Kier molecular flexibility index (Phi) is 2.33. The molecular weight excluding hydrogens is 190 g/mol. The fourth-order valence-corrected chi connectivity index (χ4v) is 2.21. The molecule has 0 spiro atoms. The molecule has 0 fully saturated rings. The third kappa shape index (κ3) is 1.91. The van der Waals surface area contributed by atoms with Gasteiger partial charge in [0.15, 0.2) is 0 Å². The van der Waals surface area contributed by atoms with E-state index < -0.39 is 0 Å². The Morgan fingerprint density at radius 2 is 2.27 bits per heavy atom. The van der Waals surface area contributed by atoms with Gasteiger partial charge in [0.2, 0.25) is 0 Å². The number of ether oxygens (including phenoxy) is 1. The quantitative estimate of drug-likeness (QED) is 0.718. The maximum atomic E-state index is 11.3. The average molecular weight is 207 g/mol. The number of esters is 1. The van der Waals surface area contributed by atoms with Gasteiger partial charge < -0.3 is 9.72 Å². The number of carbonyl (C=O) groups excluding carboxylic acids is 1. The van der Waals surface area contributed by atoms with Crippen LogP contribution in [0.25, 0.3) is 0 Å². The van der Waals surface area contributed by atoms with Gasteiger partial charge in [0.05, 0.1) is 7.11 Å². The molecule has 3 nitrogen and oxygen atoms in total. The Balaban J connectivity index is 2.29. The molecule has 1 aliphatic rings. The fraction of sp³-hybridized carbons (Fsp3) is 0.583. The van der Waals surface area contributed by atoms with Crippen LogP contribution in [0.15, 0.2) is 6.07 Å². The van der Waals surface area contributed by atoms with Crippen molar-refractivity contribution < 1.29 is 9.53 Å². The van der Waals surface area contributed by atoms with Gasteiger partial charge in [0.25, 0.3) is 0 Å². The van der Waals surface area contributed by atoms with Crippen LogP contribution in [0, 0.1) is 5.41 Å². The molecule has 82 valence electrons. The fourth-order valence-electron chi connectivity index (χ4n) is 2.21. The van der Waals surface area contributed by atoms with Crippen LogP contribution in [0.3, 0.4) is 0 Å². The van der Waals surface area contributed by atoms with Gasteiger partial charge in [-0.05, 0) is 36.3 Å². The van der Waals surface area contributed by atoms with E-state index in [1.165, 1.54) is 24.8 Å². The Morgan fingerprint density at radius 1 is 1.53 bits per heavy atom. The van der Waals surface area contributed by atoms with Crippen LogP contribution in [0.5, 0.6) is 0 Å². The summed E-state index contributed by atoms with van der Waals surface area (Å²) in [4.78, 5) is 14.5. The standard InChI is InChI=1S/C12H17NO2/c1-12(2)5-4-9-8(7-12)6-10(13-9)11(14)15-3/h6,13H,4-5,7H2,1-3H3.